The van der Waals surface area contributed by atoms with E-state index in [0.29, 0.717) is 23.6 Å². The molecule has 0 amide bonds. The van der Waals surface area contributed by atoms with E-state index in [1.807, 2.05) is 55.5 Å². The van der Waals surface area contributed by atoms with E-state index in [1.165, 1.54) is 0 Å². The van der Waals surface area contributed by atoms with Crippen molar-refractivity contribution in [3.8, 4) is 51.6 Å². The Morgan fingerprint density at radius 3 is 1.25 bits per heavy atom. The molecule has 2 heterocycles. The smallest absolute Gasteiger partial charge is 0.248 e. The van der Waals surface area contributed by atoms with Crippen LogP contribution in [0.3, 0.4) is 0 Å². The number of hydrogen-bond acceptors (Lipinski definition) is 7. The Labute approximate surface area is 183 Å². The van der Waals surface area contributed by atoms with Crippen molar-refractivity contribution in [1.82, 2.24) is 20.4 Å². The van der Waals surface area contributed by atoms with Gasteiger partial charge < -0.3 is 13.9 Å². The lowest BCUT2D eigenvalue weighted by molar-refractivity contribution is 0.475. The zero-order chi connectivity index (χ0) is 22.1. The highest BCUT2D eigenvalue weighted by Crippen LogP contribution is 2.29. The molecule has 0 radical (unpaired) electrons. The predicted octanol–water partition coefficient (Wildman–Crippen LogP) is 5.86. The van der Waals surface area contributed by atoms with E-state index in [0.717, 1.165) is 33.4 Å². The second-order valence-electron chi connectivity index (χ2n) is 7.31. The fourth-order valence-electron chi connectivity index (χ4n) is 3.17. The molecule has 0 aliphatic carbocycles. The summed E-state index contributed by atoms with van der Waals surface area (Å²) in [7, 11) is 0. The number of phenols is 1. The summed E-state index contributed by atoms with van der Waals surface area (Å²) in [5.41, 5.74) is 5.19. The fourth-order valence-corrected chi connectivity index (χ4v) is 3.17. The molecular formula is C25H18N4O3. The van der Waals surface area contributed by atoms with Crippen molar-refractivity contribution in [3.63, 3.8) is 0 Å². The van der Waals surface area contributed by atoms with Gasteiger partial charge in [-0.25, -0.2) is 0 Å². The van der Waals surface area contributed by atoms with Crippen molar-refractivity contribution >= 4 is 5.57 Å². The van der Waals surface area contributed by atoms with Gasteiger partial charge in [-0.1, -0.05) is 24.3 Å². The Bertz CT molecular complexity index is 1380. The molecule has 0 bridgehead atoms. The molecule has 2 aromatic heterocycles. The maximum Gasteiger partial charge on any atom is 0.248 e. The molecule has 0 saturated heterocycles. The molecule has 0 spiro atoms. The molecule has 1 N–H and O–H groups in total. The number of hydrogen-bond donors (Lipinski definition) is 1. The van der Waals surface area contributed by atoms with Gasteiger partial charge in [-0.3, -0.25) is 0 Å². The monoisotopic (exact) mass is 422 g/mol. The third kappa shape index (κ3) is 3.79. The number of benzene rings is 3. The van der Waals surface area contributed by atoms with Crippen LogP contribution in [-0.2, 0) is 0 Å². The first-order valence-corrected chi connectivity index (χ1v) is 9.90. The Balaban J connectivity index is 1.35. The molecule has 0 aliphatic rings. The highest BCUT2D eigenvalue weighted by Gasteiger charge is 2.13. The Hall–Kier alpha value is -4.52. The number of phenolic OH excluding ortho intramolecular Hbond substituents is 1. The summed E-state index contributed by atoms with van der Waals surface area (Å²) in [6, 6.07) is 21.8. The van der Waals surface area contributed by atoms with Gasteiger partial charge in [0.1, 0.15) is 5.75 Å². The van der Waals surface area contributed by atoms with E-state index in [2.05, 4.69) is 27.0 Å². The first kappa shape index (κ1) is 19.4. The average Bonchev–Trinajstić information content (AvgIpc) is 3.50. The minimum atomic E-state index is 0.178. The first-order valence-electron chi connectivity index (χ1n) is 9.90. The van der Waals surface area contributed by atoms with E-state index >= 15 is 0 Å². The van der Waals surface area contributed by atoms with E-state index < -0.39 is 0 Å². The maximum absolute atomic E-state index is 9.42. The Morgan fingerprint density at radius 1 is 0.594 bits per heavy atom. The first-order chi connectivity index (χ1) is 15.6. The van der Waals surface area contributed by atoms with E-state index in [4.69, 9.17) is 8.83 Å². The summed E-state index contributed by atoms with van der Waals surface area (Å²) < 4.78 is 11.6. The van der Waals surface area contributed by atoms with Crippen LogP contribution in [0.2, 0.25) is 0 Å². The van der Waals surface area contributed by atoms with Gasteiger partial charge in [-0.05, 0) is 73.2 Å². The van der Waals surface area contributed by atoms with Crippen molar-refractivity contribution in [2.45, 2.75) is 6.92 Å². The van der Waals surface area contributed by atoms with Crippen LogP contribution < -0.4 is 0 Å². The van der Waals surface area contributed by atoms with Gasteiger partial charge in [-0.2, -0.15) is 0 Å². The molecule has 0 aliphatic heterocycles. The molecule has 32 heavy (non-hydrogen) atoms. The lowest BCUT2D eigenvalue weighted by Crippen LogP contribution is -1.81. The number of rotatable bonds is 5. The normalized spacial score (nSPS) is 10.9. The van der Waals surface area contributed by atoms with Crippen LogP contribution in [0.25, 0.3) is 51.4 Å². The van der Waals surface area contributed by atoms with Crippen LogP contribution in [0.5, 0.6) is 5.75 Å². The van der Waals surface area contributed by atoms with Crippen LogP contribution in [0.4, 0.5) is 0 Å². The fraction of sp³-hybridized carbons (Fsp3) is 0.0400. The molecule has 5 rings (SSSR count). The third-order valence-corrected chi connectivity index (χ3v) is 4.97. The van der Waals surface area contributed by atoms with Crippen LogP contribution >= 0.6 is 0 Å². The zero-order valence-corrected chi connectivity index (χ0v) is 17.2. The zero-order valence-electron chi connectivity index (χ0n) is 17.2. The van der Waals surface area contributed by atoms with Gasteiger partial charge in [-0.15, -0.1) is 20.4 Å². The summed E-state index contributed by atoms with van der Waals surface area (Å²) in [6.45, 7) is 5.91. The molecular weight excluding hydrogens is 404 g/mol. The molecule has 0 saturated carbocycles. The van der Waals surface area contributed by atoms with Gasteiger partial charge in [0.05, 0.1) is 0 Å². The summed E-state index contributed by atoms with van der Waals surface area (Å²) in [5.74, 6) is 1.82. The molecule has 0 fully saturated rings. The largest absolute Gasteiger partial charge is 0.508 e. The van der Waals surface area contributed by atoms with E-state index in [9.17, 15) is 5.11 Å². The highest BCUT2D eigenvalue weighted by atomic mass is 16.4. The molecule has 5 aromatic rings. The molecule has 156 valence electrons. The molecule has 3 aromatic carbocycles. The number of nitrogens with zero attached hydrogens (tertiary/aromatic N) is 4. The number of aromatic nitrogens is 4. The predicted molar refractivity (Wildman–Crippen MR) is 120 cm³/mol. The SMILES string of the molecule is C=C(C)c1ccc(-c2nnc(-c3ccc(-c4nnc(-c5ccc(O)cc5)o4)cc3)o2)cc1. The Kier molecular flexibility index (Phi) is 4.84. The number of aromatic hydroxyl groups is 1. The van der Waals surface area contributed by atoms with Crippen LogP contribution in [0.1, 0.15) is 12.5 Å². The molecule has 7 heteroatoms. The quantitative estimate of drug-likeness (QED) is 0.379. The maximum atomic E-state index is 9.42. The third-order valence-electron chi connectivity index (χ3n) is 4.97. The summed E-state index contributed by atoms with van der Waals surface area (Å²) in [6.07, 6.45) is 0. The summed E-state index contributed by atoms with van der Waals surface area (Å²) >= 11 is 0. The second kappa shape index (κ2) is 7.96. The van der Waals surface area contributed by atoms with Gasteiger partial charge in [0.15, 0.2) is 0 Å². The van der Waals surface area contributed by atoms with Crippen molar-refractivity contribution in [2.24, 2.45) is 0 Å². The second-order valence-corrected chi connectivity index (χ2v) is 7.31. The van der Waals surface area contributed by atoms with Crippen LogP contribution in [0, 0.1) is 0 Å². The van der Waals surface area contributed by atoms with Crippen molar-refractivity contribution in [1.29, 1.82) is 0 Å². The summed E-state index contributed by atoms with van der Waals surface area (Å²) in [5, 5.41) is 25.9. The van der Waals surface area contributed by atoms with Gasteiger partial charge in [0, 0.05) is 22.3 Å². The summed E-state index contributed by atoms with van der Waals surface area (Å²) in [4.78, 5) is 0. The van der Waals surface area contributed by atoms with Crippen LogP contribution in [-0.4, -0.2) is 25.5 Å². The lowest BCUT2D eigenvalue weighted by atomic mass is 10.1. The highest BCUT2D eigenvalue weighted by molar-refractivity contribution is 5.66. The minimum absolute atomic E-state index is 0.178. The van der Waals surface area contributed by atoms with Gasteiger partial charge in [0.2, 0.25) is 23.6 Å². The van der Waals surface area contributed by atoms with E-state index in [1.54, 1.807) is 24.3 Å². The van der Waals surface area contributed by atoms with Crippen LogP contribution in [0.15, 0.2) is 88.2 Å². The minimum Gasteiger partial charge on any atom is -0.508 e. The van der Waals surface area contributed by atoms with Crippen molar-refractivity contribution in [3.05, 3.63) is 84.9 Å². The average molecular weight is 422 g/mol. The molecule has 0 atom stereocenters. The van der Waals surface area contributed by atoms with Gasteiger partial charge >= 0.3 is 0 Å². The topological polar surface area (TPSA) is 98.1 Å². The Morgan fingerprint density at radius 2 is 0.906 bits per heavy atom. The van der Waals surface area contributed by atoms with Crippen molar-refractivity contribution in [2.75, 3.05) is 0 Å². The van der Waals surface area contributed by atoms with Crippen molar-refractivity contribution < 1.29 is 13.9 Å². The van der Waals surface area contributed by atoms with E-state index in [-0.39, 0.29) is 5.75 Å². The van der Waals surface area contributed by atoms with Gasteiger partial charge in [0.25, 0.3) is 0 Å². The lowest BCUT2D eigenvalue weighted by Gasteiger charge is -2.00. The molecule has 7 nitrogen and oxygen atoms in total. The standard InChI is InChI=1S/C25H18N4O3/c1-15(2)16-3-5-17(6-4-16)22-26-27-23(31-22)18-7-9-19(10-8-18)24-28-29-25(32-24)20-11-13-21(30)14-12-20/h3-14,30H,1H2,2H3. The number of allylic oxidation sites excluding steroid dienone is 1. The molecule has 0 unspecified atom stereocenters.